The summed E-state index contributed by atoms with van der Waals surface area (Å²) >= 11 is 0.839. The zero-order valence-corrected chi connectivity index (χ0v) is 14.2. The molecule has 6 nitrogen and oxygen atoms in total. The minimum atomic E-state index is -3.83. The van der Waals surface area contributed by atoms with E-state index >= 15 is 0 Å². The number of aryl methyl sites for hydroxylation is 1. The van der Waals surface area contributed by atoms with Gasteiger partial charge < -0.3 is 5.32 Å². The topological polar surface area (TPSA) is 113 Å². The Kier molecular flexibility index (Phi) is 4.61. The fourth-order valence-corrected chi connectivity index (χ4v) is 4.74. The highest BCUT2D eigenvalue weighted by Gasteiger charge is 2.37. The van der Waals surface area contributed by atoms with E-state index in [1.165, 1.54) is 6.07 Å². The summed E-state index contributed by atoms with van der Waals surface area (Å²) in [5, 5.41) is 17.4. The summed E-state index contributed by atoms with van der Waals surface area (Å²) in [5.41, 5.74) is -0.323. The Balaban J connectivity index is 2.26. The number of carbonyl (C=O) groups excluding carboxylic acids is 1. The Morgan fingerprint density at radius 3 is 2.77 bits per heavy atom. The van der Waals surface area contributed by atoms with E-state index < -0.39 is 21.5 Å². The highest BCUT2D eigenvalue weighted by Crippen LogP contribution is 2.33. The van der Waals surface area contributed by atoms with Gasteiger partial charge in [0.05, 0.1) is 10.9 Å². The summed E-state index contributed by atoms with van der Waals surface area (Å²) in [4.78, 5) is 12.7. The third kappa shape index (κ3) is 3.48. The first kappa shape index (κ1) is 16.9. The fourth-order valence-electron chi connectivity index (χ4n) is 2.89. The molecule has 1 aromatic rings. The number of primary sulfonamides is 1. The predicted molar refractivity (Wildman–Crippen MR) is 83.9 cm³/mol. The van der Waals surface area contributed by atoms with Crippen molar-refractivity contribution in [1.29, 1.82) is 5.26 Å². The van der Waals surface area contributed by atoms with E-state index in [1.54, 1.807) is 6.92 Å². The Labute approximate surface area is 134 Å². The second-order valence-electron chi connectivity index (χ2n) is 5.97. The first-order valence-electron chi connectivity index (χ1n) is 7.04. The van der Waals surface area contributed by atoms with Crippen LogP contribution in [0.25, 0.3) is 0 Å². The van der Waals surface area contributed by atoms with Gasteiger partial charge in [-0.1, -0.05) is 13.3 Å². The van der Waals surface area contributed by atoms with Crippen molar-refractivity contribution >= 4 is 27.3 Å². The van der Waals surface area contributed by atoms with Crippen LogP contribution in [0.1, 0.15) is 47.8 Å². The summed E-state index contributed by atoms with van der Waals surface area (Å²) in [6.45, 7) is 3.72. The molecule has 1 amide bonds. The number of rotatable bonds is 3. The highest BCUT2D eigenvalue weighted by atomic mass is 32.2. The Hall–Kier alpha value is -1.43. The van der Waals surface area contributed by atoms with Crippen molar-refractivity contribution in [1.82, 2.24) is 5.32 Å². The lowest BCUT2D eigenvalue weighted by Gasteiger charge is -2.34. The van der Waals surface area contributed by atoms with Gasteiger partial charge in [-0.15, -0.1) is 11.3 Å². The first-order valence-corrected chi connectivity index (χ1v) is 9.40. The van der Waals surface area contributed by atoms with Gasteiger partial charge in [0, 0.05) is 0 Å². The molecule has 1 aliphatic carbocycles. The molecule has 3 N–H and O–H groups in total. The maximum absolute atomic E-state index is 12.5. The molecule has 1 saturated carbocycles. The Bertz CT molecular complexity index is 733. The lowest BCUT2D eigenvalue weighted by Crippen LogP contribution is -2.50. The van der Waals surface area contributed by atoms with Crippen LogP contribution >= 0.6 is 11.3 Å². The minimum Gasteiger partial charge on any atom is -0.333 e. The average molecular weight is 341 g/mol. The third-order valence-electron chi connectivity index (χ3n) is 3.95. The van der Waals surface area contributed by atoms with Crippen molar-refractivity contribution in [3.63, 3.8) is 0 Å². The van der Waals surface area contributed by atoms with Crippen LogP contribution in [0.3, 0.4) is 0 Å². The number of sulfonamides is 1. The maximum atomic E-state index is 12.5. The van der Waals surface area contributed by atoms with Crippen molar-refractivity contribution in [3.8, 4) is 6.07 Å². The van der Waals surface area contributed by atoms with Crippen molar-refractivity contribution in [2.45, 2.75) is 49.3 Å². The molecule has 120 valence electrons. The molecule has 0 bridgehead atoms. The molecule has 1 aromatic heterocycles. The molecule has 0 radical (unpaired) electrons. The van der Waals surface area contributed by atoms with Crippen molar-refractivity contribution in [2.24, 2.45) is 11.1 Å². The number of amides is 1. The highest BCUT2D eigenvalue weighted by molar-refractivity contribution is 7.91. The van der Waals surface area contributed by atoms with Crippen molar-refractivity contribution in [3.05, 3.63) is 16.5 Å². The molecule has 8 heteroatoms. The van der Waals surface area contributed by atoms with Crippen molar-refractivity contribution < 1.29 is 13.2 Å². The molecule has 22 heavy (non-hydrogen) atoms. The van der Waals surface area contributed by atoms with E-state index in [1.807, 2.05) is 0 Å². The van der Waals surface area contributed by atoms with Gasteiger partial charge >= 0.3 is 0 Å². The van der Waals surface area contributed by atoms with E-state index in [4.69, 9.17) is 5.14 Å². The molecule has 1 heterocycles. The largest absolute Gasteiger partial charge is 0.333 e. The van der Waals surface area contributed by atoms with E-state index in [0.717, 1.165) is 24.2 Å². The number of carbonyl (C=O) groups is 1. The molecule has 2 atom stereocenters. The van der Waals surface area contributed by atoms with Crippen LogP contribution in [-0.4, -0.2) is 19.9 Å². The average Bonchev–Trinajstić information content (AvgIpc) is 2.81. The molecular formula is C14H19N3O3S2. The van der Waals surface area contributed by atoms with Crippen molar-refractivity contribution in [2.75, 3.05) is 0 Å². The Morgan fingerprint density at radius 1 is 1.59 bits per heavy atom. The summed E-state index contributed by atoms with van der Waals surface area (Å²) in [6, 6.07) is 3.62. The lowest BCUT2D eigenvalue weighted by atomic mass is 9.77. The molecule has 0 unspecified atom stereocenters. The van der Waals surface area contributed by atoms with E-state index in [0.29, 0.717) is 24.3 Å². The Morgan fingerprint density at radius 2 is 2.27 bits per heavy atom. The van der Waals surface area contributed by atoms with Gasteiger partial charge in [0.15, 0.2) is 0 Å². The smallest absolute Gasteiger partial charge is 0.262 e. The molecule has 2 rings (SSSR count). The van der Waals surface area contributed by atoms with Crippen LogP contribution in [0.2, 0.25) is 0 Å². The van der Waals surface area contributed by atoms with Crippen LogP contribution in [-0.2, 0) is 10.0 Å². The molecule has 1 aliphatic rings. The van der Waals surface area contributed by atoms with Gasteiger partial charge in [-0.2, -0.15) is 5.26 Å². The summed E-state index contributed by atoms with van der Waals surface area (Å²) in [7, 11) is -3.83. The minimum absolute atomic E-state index is 0.0434. The van der Waals surface area contributed by atoms with Gasteiger partial charge in [-0.05, 0) is 43.7 Å². The third-order valence-corrected chi connectivity index (χ3v) is 6.60. The number of nitriles is 1. The van der Waals surface area contributed by atoms with Gasteiger partial charge in [0.1, 0.15) is 9.75 Å². The van der Waals surface area contributed by atoms with E-state index in [9.17, 15) is 18.5 Å². The molecule has 0 aliphatic heterocycles. The number of nitrogens with one attached hydrogen (secondary N) is 1. The molecule has 0 saturated heterocycles. The number of nitrogens with two attached hydrogens (primary N) is 1. The zero-order valence-electron chi connectivity index (χ0n) is 12.5. The number of thiophene rings is 1. The van der Waals surface area contributed by atoms with Gasteiger partial charge in [0.2, 0.25) is 10.0 Å². The predicted octanol–water partition coefficient (Wildman–Crippen LogP) is 1.91. The standard InChI is InChI=1S/C14H19N3O3S2/c1-9-4-3-5-14(7-9,8-15)17-13(18)12-10(2)6-11(21-12)22(16,19)20/h6,9H,3-5,7H2,1-2H3,(H,17,18)(H2,16,19,20)/t9-,14+/m0/s1. The fraction of sp³-hybridized carbons (Fsp3) is 0.571. The summed E-state index contributed by atoms with van der Waals surface area (Å²) in [5.74, 6) is -0.0360. The molecule has 0 aromatic carbocycles. The normalized spacial score (nSPS) is 25.5. The lowest BCUT2D eigenvalue weighted by molar-refractivity contribution is 0.0894. The molecule has 1 fully saturated rings. The van der Waals surface area contributed by atoms with Crippen LogP contribution in [0.5, 0.6) is 0 Å². The zero-order chi connectivity index (χ0) is 16.5. The van der Waals surface area contributed by atoms with E-state index in [2.05, 4.69) is 18.3 Å². The van der Waals surface area contributed by atoms with Crippen LogP contribution in [0.4, 0.5) is 0 Å². The quantitative estimate of drug-likeness (QED) is 0.874. The monoisotopic (exact) mass is 341 g/mol. The van der Waals surface area contributed by atoms with Gasteiger partial charge in [-0.25, -0.2) is 13.6 Å². The van der Waals surface area contributed by atoms with Crippen LogP contribution in [0.15, 0.2) is 10.3 Å². The number of hydrogen-bond acceptors (Lipinski definition) is 5. The summed E-state index contributed by atoms with van der Waals surface area (Å²) < 4.78 is 22.7. The second-order valence-corrected chi connectivity index (χ2v) is 8.81. The molecular weight excluding hydrogens is 322 g/mol. The SMILES string of the molecule is Cc1cc(S(N)(=O)=O)sc1C(=O)N[C@]1(C#N)CCC[C@H](C)C1. The van der Waals surface area contributed by atoms with Crippen LogP contribution in [0, 0.1) is 24.2 Å². The first-order chi connectivity index (χ1) is 10.2. The number of nitrogens with zero attached hydrogens (tertiary/aromatic N) is 1. The summed E-state index contributed by atoms with van der Waals surface area (Å²) in [6.07, 6.45) is 3.17. The number of hydrogen-bond donors (Lipinski definition) is 2. The second kappa shape index (κ2) is 5.99. The van der Waals surface area contributed by atoms with Crippen LogP contribution < -0.4 is 10.5 Å². The van der Waals surface area contributed by atoms with E-state index in [-0.39, 0.29) is 9.09 Å². The van der Waals surface area contributed by atoms with Gasteiger partial charge in [0.25, 0.3) is 5.91 Å². The maximum Gasteiger partial charge on any atom is 0.262 e. The molecule has 0 spiro atoms. The van der Waals surface area contributed by atoms with Gasteiger partial charge in [-0.3, -0.25) is 4.79 Å².